The van der Waals surface area contributed by atoms with E-state index in [0.29, 0.717) is 0 Å². The highest BCUT2D eigenvalue weighted by Gasteiger charge is 1.92. The SMILES string of the molecule is CNc1ccc(N)c(C)c1.Cl.Cl. The first-order chi connectivity index (χ1) is 4.74. The quantitative estimate of drug-likeness (QED) is 0.697. The van der Waals surface area contributed by atoms with Gasteiger partial charge < -0.3 is 11.1 Å². The number of halogens is 2. The van der Waals surface area contributed by atoms with Gasteiger partial charge in [-0.15, -0.1) is 24.8 Å². The van der Waals surface area contributed by atoms with Crippen molar-refractivity contribution in [2.75, 3.05) is 18.1 Å². The van der Waals surface area contributed by atoms with Gasteiger partial charge in [0.1, 0.15) is 0 Å². The van der Waals surface area contributed by atoms with Crippen LogP contribution < -0.4 is 11.1 Å². The second-order valence-electron chi connectivity index (χ2n) is 2.32. The summed E-state index contributed by atoms with van der Waals surface area (Å²) in [6.07, 6.45) is 0. The molecule has 0 amide bonds. The summed E-state index contributed by atoms with van der Waals surface area (Å²) in [6, 6.07) is 5.89. The van der Waals surface area contributed by atoms with E-state index >= 15 is 0 Å². The molecule has 1 aromatic rings. The van der Waals surface area contributed by atoms with Crippen LogP contribution in [0.15, 0.2) is 18.2 Å². The standard InChI is InChI=1S/C8H12N2.2ClH/c1-6-5-7(10-2)3-4-8(6)9;;/h3-5,10H,9H2,1-2H3;2*1H. The molecule has 1 aromatic carbocycles. The minimum absolute atomic E-state index is 0. The zero-order valence-electron chi connectivity index (χ0n) is 7.13. The maximum Gasteiger partial charge on any atom is 0.0345 e. The van der Waals surface area contributed by atoms with Gasteiger partial charge in [0, 0.05) is 18.4 Å². The fraction of sp³-hybridized carbons (Fsp3) is 0.250. The van der Waals surface area contributed by atoms with Crippen molar-refractivity contribution in [2.45, 2.75) is 6.92 Å². The molecule has 1 rings (SSSR count). The average Bonchev–Trinajstić information content (AvgIpc) is 1.95. The minimum atomic E-state index is 0. The molecule has 0 aromatic heterocycles. The van der Waals surface area contributed by atoms with Gasteiger partial charge in [0.25, 0.3) is 0 Å². The van der Waals surface area contributed by atoms with Crippen LogP contribution in [0.3, 0.4) is 0 Å². The lowest BCUT2D eigenvalue weighted by atomic mass is 10.2. The van der Waals surface area contributed by atoms with Crippen molar-refractivity contribution in [3.8, 4) is 0 Å². The van der Waals surface area contributed by atoms with Crippen molar-refractivity contribution in [1.82, 2.24) is 0 Å². The molecule has 0 heterocycles. The van der Waals surface area contributed by atoms with Crippen LogP contribution in [-0.4, -0.2) is 7.05 Å². The van der Waals surface area contributed by atoms with Crippen LogP contribution in [0.25, 0.3) is 0 Å². The Kier molecular flexibility index (Phi) is 6.95. The molecule has 0 fully saturated rings. The summed E-state index contributed by atoms with van der Waals surface area (Å²) in [4.78, 5) is 0. The Morgan fingerprint density at radius 3 is 2.25 bits per heavy atom. The average molecular weight is 209 g/mol. The van der Waals surface area contributed by atoms with E-state index in [2.05, 4.69) is 5.32 Å². The third-order valence-electron chi connectivity index (χ3n) is 1.56. The second kappa shape index (κ2) is 5.98. The number of hydrogen-bond donors (Lipinski definition) is 2. The molecule has 0 saturated carbocycles. The monoisotopic (exact) mass is 208 g/mol. The molecule has 0 atom stereocenters. The molecule has 0 saturated heterocycles. The van der Waals surface area contributed by atoms with Crippen LogP contribution >= 0.6 is 24.8 Å². The molecule has 4 heteroatoms. The predicted octanol–water partition coefficient (Wildman–Crippen LogP) is 2.46. The molecule has 3 N–H and O–H groups in total. The number of hydrogen-bond acceptors (Lipinski definition) is 2. The lowest BCUT2D eigenvalue weighted by Gasteiger charge is -2.02. The van der Waals surface area contributed by atoms with Crippen LogP contribution in [0, 0.1) is 6.92 Å². The Balaban J connectivity index is 0. The van der Waals surface area contributed by atoms with E-state index in [4.69, 9.17) is 5.73 Å². The largest absolute Gasteiger partial charge is 0.399 e. The highest BCUT2D eigenvalue weighted by atomic mass is 35.5. The Morgan fingerprint density at radius 2 is 1.83 bits per heavy atom. The molecule has 0 unspecified atom stereocenters. The van der Waals surface area contributed by atoms with E-state index in [-0.39, 0.29) is 24.8 Å². The molecular formula is C8H14Cl2N2. The molecule has 0 aliphatic rings. The summed E-state index contributed by atoms with van der Waals surface area (Å²) < 4.78 is 0. The number of benzene rings is 1. The van der Waals surface area contributed by atoms with Gasteiger partial charge in [0.2, 0.25) is 0 Å². The van der Waals surface area contributed by atoms with E-state index in [9.17, 15) is 0 Å². The molecule has 0 spiro atoms. The van der Waals surface area contributed by atoms with Crippen LogP contribution in [-0.2, 0) is 0 Å². The lowest BCUT2D eigenvalue weighted by Crippen LogP contribution is -1.92. The fourth-order valence-corrected chi connectivity index (χ4v) is 0.831. The highest BCUT2D eigenvalue weighted by molar-refractivity contribution is 5.85. The Morgan fingerprint density at radius 1 is 1.25 bits per heavy atom. The van der Waals surface area contributed by atoms with Crippen molar-refractivity contribution in [3.63, 3.8) is 0 Å². The Hall–Kier alpha value is -0.600. The van der Waals surface area contributed by atoms with Gasteiger partial charge in [-0.25, -0.2) is 0 Å². The van der Waals surface area contributed by atoms with Gasteiger partial charge in [0.15, 0.2) is 0 Å². The van der Waals surface area contributed by atoms with Gasteiger partial charge in [-0.05, 0) is 30.7 Å². The predicted molar refractivity (Wildman–Crippen MR) is 59.6 cm³/mol. The number of rotatable bonds is 1. The summed E-state index contributed by atoms with van der Waals surface area (Å²) in [5, 5.41) is 3.04. The van der Waals surface area contributed by atoms with E-state index in [1.807, 2.05) is 32.2 Å². The maximum absolute atomic E-state index is 5.62. The molecule has 70 valence electrons. The second-order valence-corrected chi connectivity index (χ2v) is 2.32. The molecule has 12 heavy (non-hydrogen) atoms. The fourth-order valence-electron chi connectivity index (χ4n) is 0.831. The number of nitrogens with one attached hydrogen (secondary N) is 1. The van der Waals surface area contributed by atoms with Gasteiger partial charge in [-0.2, -0.15) is 0 Å². The summed E-state index contributed by atoms with van der Waals surface area (Å²) in [5.41, 5.74) is 8.68. The number of aryl methyl sites for hydroxylation is 1. The van der Waals surface area contributed by atoms with Crippen LogP contribution in [0.4, 0.5) is 11.4 Å². The van der Waals surface area contributed by atoms with Crippen molar-refractivity contribution in [2.24, 2.45) is 0 Å². The summed E-state index contributed by atoms with van der Waals surface area (Å²) in [6.45, 7) is 2.00. The normalized spacial score (nSPS) is 7.83. The van der Waals surface area contributed by atoms with Crippen LogP contribution in [0.2, 0.25) is 0 Å². The first kappa shape index (κ1) is 14.0. The van der Waals surface area contributed by atoms with Crippen molar-refractivity contribution in [3.05, 3.63) is 23.8 Å². The van der Waals surface area contributed by atoms with Gasteiger partial charge in [-0.3, -0.25) is 0 Å². The first-order valence-corrected chi connectivity index (χ1v) is 3.28. The van der Waals surface area contributed by atoms with Crippen molar-refractivity contribution in [1.29, 1.82) is 0 Å². The summed E-state index contributed by atoms with van der Waals surface area (Å²) in [7, 11) is 1.89. The van der Waals surface area contributed by atoms with E-state index in [1.54, 1.807) is 0 Å². The third-order valence-corrected chi connectivity index (χ3v) is 1.56. The van der Waals surface area contributed by atoms with Gasteiger partial charge in [0.05, 0.1) is 0 Å². The Labute approximate surface area is 85.4 Å². The van der Waals surface area contributed by atoms with Crippen LogP contribution in [0.5, 0.6) is 0 Å². The molecule has 0 aliphatic heterocycles. The van der Waals surface area contributed by atoms with Crippen molar-refractivity contribution >= 4 is 36.2 Å². The van der Waals surface area contributed by atoms with Crippen LogP contribution in [0.1, 0.15) is 5.56 Å². The first-order valence-electron chi connectivity index (χ1n) is 3.28. The van der Waals surface area contributed by atoms with Gasteiger partial charge >= 0.3 is 0 Å². The number of anilines is 2. The van der Waals surface area contributed by atoms with E-state index in [1.165, 1.54) is 0 Å². The third kappa shape index (κ3) is 3.20. The number of nitrogens with two attached hydrogens (primary N) is 1. The van der Waals surface area contributed by atoms with Gasteiger partial charge in [-0.1, -0.05) is 0 Å². The summed E-state index contributed by atoms with van der Waals surface area (Å²) in [5.74, 6) is 0. The minimum Gasteiger partial charge on any atom is -0.399 e. The number of nitrogen functional groups attached to an aromatic ring is 1. The molecule has 0 aliphatic carbocycles. The molecule has 0 radical (unpaired) electrons. The van der Waals surface area contributed by atoms with Crippen molar-refractivity contribution < 1.29 is 0 Å². The highest BCUT2D eigenvalue weighted by Crippen LogP contribution is 2.15. The molecule has 2 nitrogen and oxygen atoms in total. The molecular weight excluding hydrogens is 195 g/mol. The zero-order chi connectivity index (χ0) is 7.56. The maximum atomic E-state index is 5.62. The Bertz CT molecular complexity index is 238. The zero-order valence-corrected chi connectivity index (χ0v) is 8.76. The lowest BCUT2D eigenvalue weighted by molar-refractivity contribution is 1.43. The topological polar surface area (TPSA) is 38.0 Å². The summed E-state index contributed by atoms with van der Waals surface area (Å²) >= 11 is 0. The van der Waals surface area contributed by atoms with E-state index in [0.717, 1.165) is 16.9 Å². The smallest absolute Gasteiger partial charge is 0.0345 e. The van der Waals surface area contributed by atoms with E-state index < -0.39 is 0 Å². The molecule has 0 bridgehead atoms.